The van der Waals surface area contributed by atoms with E-state index < -0.39 is 34.3 Å². The van der Waals surface area contributed by atoms with Crippen molar-refractivity contribution in [2.75, 3.05) is 27.7 Å². The van der Waals surface area contributed by atoms with Crippen LogP contribution in [-0.2, 0) is 12.7 Å². The highest BCUT2D eigenvalue weighted by Crippen LogP contribution is 2.43. The van der Waals surface area contributed by atoms with Crippen molar-refractivity contribution >= 4 is 58.1 Å². The third-order valence-electron chi connectivity index (χ3n) is 8.25. The number of nitrogens with zero attached hydrogens (tertiary/aromatic N) is 4. The number of hydrogen-bond donors (Lipinski definition) is 3. The maximum Gasteiger partial charge on any atom is 0.456 e. The SMILES string of the molecule is CC1=C(N[N+]2(C)C(=O)N(C)C(=O)c3c2ncc(CN)c3-c2ccc(Cl)cc2Cl)N(C)C(CN)C(c2cc(C(F)(F)F)ccc2Cl)=C1. The van der Waals surface area contributed by atoms with E-state index in [4.69, 9.17) is 46.3 Å². The predicted molar refractivity (Wildman–Crippen MR) is 174 cm³/mol. The number of pyridine rings is 1. The van der Waals surface area contributed by atoms with Crippen LogP contribution in [0.3, 0.4) is 0 Å². The number of nitrogens with two attached hydrogens (primary N) is 2. The summed E-state index contributed by atoms with van der Waals surface area (Å²) in [5.41, 5.74) is 17.4. The van der Waals surface area contributed by atoms with Crippen molar-refractivity contribution in [1.29, 1.82) is 0 Å². The number of likely N-dealkylation sites (N-methyl/N-ethyl adjacent to an activating group) is 1. The van der Waals surface area contributed by atoms with E-state index in [9.17, 15) is 22.8 Å². The zero-order valence-electron chi connectivity index (χ0n) is 25.1. The number of urea groups is 1. The van der Waals surface area contributed by atoms with Gasteiger partial charge in [0.15, 0.2) is 5.82 Å². The minimum absolute atomic E-state index is 0.00265. The van der Waals surface area contributed by atoms with Crippen LogP contribution in [0.2, 0.25) is 15.1 Å². The number of nitrogens with one attached hydrogen (secondary N) is 1. The molecule has 0 spiro atoms. The second-order valence-electron chi connectivity index (χ2n) is 11.1. The number of amides is 3. The standard InChI is InChI=1S/C31H30Cl3F3N7O2/c1-15-9-21(20-10-17(31(35,36)37)5-8-22(20)33)24(13-39)42(2)27(15)41-44(4)28-26(29(45)43(3)30(44)46)25(16(12-38)14-40-28)19-7-6-18(32)11-23(19)34/h5-11,14,24,41H,12-13,38-39H2,1-4H3/q+1. The Morgan fingerprint density at radius 1 is 1.00 bits per heavy atom. The van der Waals surface area contributed by atoms with E-state index in [0.717, 1.165) is 17.0 Å². The zero-order valence-corrected chi connectivity index (χ0v) is 27.4. The summed E-state index contributed by atoms with van der Waals surface area (Å²) in [5.74, 6) is -0.104. The third-order valence-corrected chi connectivity index (χ3v) is 9.13. The van der Waals surface area contributed by atoms with E-state index in [1.54, 1.807) is 50.2 Å². The number of carbonyl (C=O) groups excluding carboxylic acids is 2. The molecule has 9 nitrogen and oxygen atoms in total. The van der Waals surface area contributed by atoms with E-state index in [0.29, 0.717) is 38.7 Å². The van der Waals surface area contributed by atoms with Crippen LogP contribution in [0.1, 0.15) is 34.0 Å². The van der Waals surface area contributed by atoms with Crippen molar-refractivity contribution in [1.82, 2.24) is 24.8 Å². The maximum atomic E-state index is 13.9. The molecule has 46 heavy (non-hydrogen) atoms. The Labute approximate surface area is 278 Å². The molecular formula is C31H30Cl3F3N7O2+. The van der Waals surface area contributed by atoms with Crippen LogP contribution in [0.15, 0.2) is 60.1 Å². The van der Waals surface area contributed by atoms with Gasteiger partial charge < -0.3 is 16.4 Å². The first kappa shape index (κ1) is 33.7. The summed E-state index contributed by atoms with van der Waals surface area (Å²) in [7, 11) is 4.59. The molecule has 5 N–H and O–H groups in total. The minimum atomic E-state index is -4.58. The number of imide groups is 1. The number of alkyl halides is 3. The lowest BCUT2D eigenvalue weighted by Gasteiger charge is -2.43. The summed E-state index contributed by atoms with van der Waals surface area (Å²) in [4.78, 5) is 35.0. The summed E-state index contributed by atoms with van der Waals surface area (Å²) in [6, 6.07) is 6.66. The Bertz CT molecular complexity index is 1850. The van der Waals surface area contributed by atoms with Crippen molar-refractivity contribution in [3.8, 4) is 11.1 Å². The number of quaternary nitrogens is 1. The van der Waals surface area contributed by atoms with E-state index in [1.807, 2.05) is 0 Å². The van der Waals surface area contributed by atoms with Crippen molar-refractivity contribution in [3.63, 3.8) is 0 Å². The smallest absolute Gasteiger partial charge is 0.349 e. The summed E-state index contributed by atoms with van der Waals surface area (Å²) >= 11 is 19.1. The first-order chi connectivity index (χ1) is 21.5. The lowest BCUT2D eigenvalue weighted by atomic mass is 9.91. The molecule has 5 rings (SSSR count). The minimum Gasteiger partial charge on any atom is -0.349 e. The number of halogens is 6. The quantitative estimate of drug-likeness (QED) is 0.255. The summed E-state index contributed by atoms with van der Waals surface area (Å²) in [6.45, 7) is 1.75. The third kappa shape index (κ3) is 5.52. The highest BCUT2D eigenvalue weighted by atomic mass is 35.5. The number of carbonyl (C=O) groups is 2. The first-order valence-electron chi connectivity index (χ1n) is 13.9. The molecule has 0 saturated carbocycles. The van der Waals surface area contributed by atoms with Gasteiger partial charge in [-0.05, 0) is 65.6 Å². The number of rotatable bonds is 6. The molecule has 0 saturated heterocycles. The molecule has 3 aromatic rings. The number of hydrogen-bond acceptors (Lipinski definition) is 7. The lowest BCUT2D eigenvalue weighted by Crippen LogP contribution is -2.69. The van der Waals surface area contributed by atoms with Gasteiger partial charge in [-0.1, -0.05) is 45.5 Å². The molecule has 3 heterocycles. The van der Waals surface area contributed by atoms with E-state index in [1.165, 1.54) is 19.3 Å². The highest BCUT2D eigenvalue weighted by Gasteiger charge is 2.53. The molecule has 0 bridgehead atoms. The number of benzene rings is 2. The van der Waals surface area contributed by atoms with Crippen molar-refractivity contribution in [2.45, 2.75) is 25.7 Å². The van der Waals surface area contributed by atoms with Gasteiger partial charge in [0.1, 0.15) is 12.6 Å². The Morgan fingerprint density at radius 3 is 2.30 bits per heavy atom. The van der Waals surface area contributed by atoms with Gasteiger partial charge in [0, 0.05) is 59.6 Å². The fourth-order valence-electron chi connectivity index (χ4n) is 5.87. The van der Waals surface area contributed by atoms with Gasteiger partial charge in [0.25, 0.3) is 11.7 Å². The fraction of sp³-hybridized carbons (Fsp3) is 0.258. The molecule has 2 unspecified atom stereocenters. The summed E-state index contributed by atoms with van der Waals surface area (Å²) in [5, 5.41) is 0.790. The fourth-order valence-corrected chi connectivity index (χ4v) is 6.60. The largest absolute Gasteiger partial charge is 0.456 e. The average Bonchev–Trinajstić information content (AvgIpc) is 3.00. The van der Waals surface area contributed by atoms with Crippen LogP contribution < -0.4 is 21.5 Å². The maximum absolute atomic E-state index is 13.9. The van der Waals surface area contributed by atoms with Crippen LogP contribution >= 0.6 is 34.8 Å². The summed E-state index contributed by atoms with van der Waals surface area (Å²) < 4.78 is 40.1. The normalized spacial score (nSPS) is 20.3. The molecule has 0 aliphatic carbocycles. The molecular weight excluding hydrogens is 666 g/mol. The van der Waals surface area contributed by atoms with Gasteiger partial charge in [0.2, 0.25) is 0 Å². The molecule has 3 amide bonds. The Kier molecular flexibility index (Phi) is 8.92. The molecule has 2 atom stereocenters. The van der Waals surface area contributed by atoms with Crippen LogP contribution in [0.4, 0.5) is 23.8 Å². The lowest BCUT2D eigenvalue weighted by molar-refractivity contribution is -0.137. The van der Waals surface area contributed by atoms with Crippen LogP contribution in [0.5, 0.6) is 0 Å². The predicted octanol–water partition coefficient (Wildman–Crippen LogP) is 6.42. The summed E-state index contributed by atoms with van der Waals surface area (Å²) in [6.07, 6.45) is -1.40. The number of fused-ring (bicyclic) bond motifs is 1. The van der Waals surface area contributed by atoms with Crippen LogP contribution in [0, 0.1) is 0 Å². The zero-order chi connectivity index (χ0) is 33.9. The van der Waals surface area contributed by atoms with Gasteiger partial charge in [0.05, 0.1) is 11.6 Å². The van der Waals surface area contributed by atoms with E-state index in [2.05, 4.69) is 10.4 Å². The van der Waals surface area contributed by atoms with Crippen LogP contribution in [-0.4, -0.2) is 60.5 Å². The molecule has 0 fully saturated rings. The van der Waals surface area contributed by atoms with Gasteiger partial charge in [-0.25, -0.2) is 20.1 Å². The monoisotopic (exact) mass is 694 g/mol. The average molecular weight is 696 g/mol. The first-order valence-corrected chi connectivity index (χ1v) is 15.1. The molecule has 15 heteroatoms. The van der Waals surface area contributed by atoms with Crippen molar-refractivity contribution < 1.29 is 22.8 Å². The molecule has 0 radical (unpaired) electrons. The molecule has 1 aromatic heterocycles. The molecule has 242 valence electrons. The van der Waals surface area contributed by atoms with Gasteiger partial charge in [-0.3, -0.25) is 4.79 Å². The van der Waals surface area contributed by atoms with Gasteiger partial charge in [-0.2, -0.15) is 13.2 Å². The number of aromatic nitrogens is 1. The molecule has 2 aliphatic heterocycles. The van der Waals surface area contributed by atoms with E-state index in [-0.39, 0.29) is 40.1 Å². The topological polar surface area (TPSA) is 118 Å². The Balaban J connectivity index is 1.70. The Morgan fingerprint density at radius 2 is 1.70 bits per heavy atom. The van der Waals surface area contributed by atoms with E-state index >= 15 is 0 Å². The van der Waals surface area contributed by atoms with Crippen LogP contribution in [0.25, 0.3) is 16.7 Å². The number of allylic oxidation sites excluding steroid dienone is 2. The second-order valence-corrected chi connectivity index (χ2v) is 12.4. The van der Waals surface area contributed by atoms with Crippen molar-refractivity contribution in [2.24, 2.45) is 11.5 Å². The highest BCUT2D eigenvalue weighted by molar-refractivity contribution is 6.37. The Hall–Kier alpha value is -3.65. The van der Waals surface area contributed by atoms with Crippen molar-refractivity contribution in [3.05, 3.63) is 97.4 Å². The second kappa shape index (κ2) is 12.2. The van der Waals surface area contributed by atoms with Gasteiger partial charge in [-0.15, -0.1) is 0 Å². The molecule has 2 aliphatic rings. The molecule has 2 aromatic carbocycles. The van der Waals surface area contributed by atoms with Gasteiger partial charge >= 0.3 is 12.2 Å².